The lowest BCUT2D eigenvalue weighted by molar-refractivity contribution is 1.66. The average molecular weight is 581 g/mol. The van der Waals surface area contributed by atoms with E-state index in [9.17, 15) is 0 Å². The van der Waals surface area contributed by atoms with Crippen molar-refractivity contribution in [1.82, 2.24) is 0 Å². The van der Waals surface area contributed by atoms with Crippen molar-refractivity contribution in [1.29, 1.82) is 0 Å². The molecule has 0 radical (unpaired) electrons. The van der Waals surface area contributed by atoms with Gasteiger partial charge in [0.1, 0.15) is 0 Å². The Morgan fingerprint density at radius 2 is 0.652 bits per heavy atom. The monoisotopic (exact) mass is 580 g/mol. The number of hydrogen-bond donors (Lipinski definition) is 0. The van der Waals surface area contributed by atoms with Crippen LogP contribution in [-0.2, 0) is 0 Å². The summed E-state index contributed by atoms with van der Waals surface area (Å²) in [4.78, 5) is 0. The third-order valence-electron chi connectivity index (χ3n) is 9.98. The van der Waals surface area contributed by atoms with Crippen molar-refractivity contribution < 1.29 is 0 Å². The minimum atomic E-state index is 1.24. The van der Waals surface area contributed by atoms with Gasteiger partial charge < -0.3 is 0 Å². The van der Waals surface area contributed by atoms with Crippen LogP contribution in [0, 0.1) is 0 Å². The van der Waals surface area contributed by atoms with Gasteiger partial charge in [0.25, 0.3) is 0 Å². The van der Waals surface area contributed by atoms with Crippen LogP contribution in [0.2, 0.25) is 0 Å². The Morgan fingerprint density at radius 3 is 1.30 bits per heavy atom. The second-order valence-electron chi connectivity index (χ2n) is 12.5. The first-order chi connectivity index (χ1) is 22.8. The molecule has 0 spiro atoms. The highest BCUT2D eigenvalue weighted by atomic mass is 14.2. The minimum Gasteiger partial charge on any atom is -0.0616 e. The molecule has 0 aliphatic rings. The van der Waals surface area contributed by atoms with Crippen molar-refractivity contribution in [2.24, 2.45) is 0 Å². The molecule has 0 fully saturated rings. The highest BCUT2D eigenvalue weighted by Crippen LogP contribution is 2.44. The lowest BCUT2D eigenvalue weighted by atomic mass is 9.86. The van der Waals surface area contributed by atoms with E-state index in [0.29, 0.717) is 0 Å². The van der Waals surface area contributed by atoms with E-state index < -0.39 is 0 Å². The number of hydrogen-bond acceptors (Lipinski definition) is 0. The fourth-order valence-corrected chi connectivity index (χ4v) is 7.87. The molecular formula is C46H28. The Morgan fingerprint density at radius 1 is 0.217 bits per heavy atom. The van der Waals surface area contributed by atoms with Crippen LogP contribution in [0.1, 0.15) is 0 Å². The van der Waals surface area contributed by atoms with Gasteiger partial charge in [-0.3, -0.25) is 0 Å². The Hall–Kier alpha value is -5.98. The van der Waals surface area contributed by atoms with Gasteiger partial charge in [0.05, 0.1) is 0 Å². The van der Waals surface area contributed by atoms with Gasteiger partial charge in [-0.25, -0.2) is 0 Å². The van der Waals surface area contributed by atoms with Crippen LogP contribution in [-0.4, -0.2) is 0 Å². The van der Waals surface area contributed by atoms with Crippen LogP contribution in [0.25, 0.3) is 97.7 Å². The van der Waals surface area contributed by atoms with Gasteiger partial charge >= 0.3 is 0 Å². The van der Waals surface area contributed by atoms with Gasteiger partial charge in [-0.1, -0.05) is 152 Å². The first-order valence-electron chi connectivity index (χ1n) is 16.0. The second kappa shape index (κ2) is 9.76. The molecule has 0 unspecified atom stereocenters. The molecule has 10 aromatic rings. The van der Waals surface area contributed by atoms with Crippen molar-refractivity contribution in [3.05, 3.63) is 170 Å². The van der Waals surface area contributed by atoms with Crippen LogP contribution >= 0.6 is 0 Å². The summed E-state index contributed by atoms with van der Waals surface area (Å²) in [5, 5.41) is 18.2. The van der Waals surface area contributed by atoms with Gasteiger partial charge in [0.15, 0.2) is 0 Å². The van der Waals surface area contributed by atoms with Crippen LogP contribution in [0.15, 0.2) is 170 Å². The molecule has 0 amide bonds. The predicted octanol–water partition coefficient (Wildman–Crippen LogP) is 13.1. The fourth-order valence-electron chi connectivity index (χ4n) is 7.87. The van der Waals surface area contributed by atoms with Gasteiger partial charge in [0.2, 0.25) is 0 Å². The Bertz CT molecular complexity index is 2850. The maximum Gasteiger partial charge on any atom is -0.00139 e. The van der Waals surface area contributed by atoms with Crippen LogP contribution < -0.4 is 0 Å². The summed E-state index contributed by atoms with van der Waals surface area (Å²) in [6.07, 6.45) is 0. The van der Waals surface area contributed by atoms with E-state index in [4.69, 9.17) is 0 Å². The Kier molecular flexibility index (Phi) is 5.38. The molecule has 0 saturated heterocycles. The van der Waals surface area contributed by atoms with Crippen molar-refractivity contribution in [2.75, 3.05) is 0 Å². The van der Waals surface area contributed by atoms with E-state index in [0.717, 1.165) is 0 Å². The largest absolute Gasteiger partial charge is 0.0616 e. The molecule has 212 valence electrons. The topological polar surface area (TPSA) is 0 Å². The van der Waals surface area contributed by atoms with Gasteiger partial charge in [0, 0.05) is 0 Å². The van der Waals surface area contributed by atoms with Crippen molar-refractivity contribution >= 4 is 75.4 Å². The molecule has 0 heterocycles. The summed E-state index contributed by atoms with van der Waals surface area (Å²) in [6, 6.07) is 62.8. The summed E-state index contributed by atoms with van der Waals surface area (Å²) >= 11 is 0. The Balaban J connectivity index is 1.19. The molecule has 0 nitrogen and oxygen atoms in total. The van der Waals surface area contributed by atoms with Crippen molar-refractivity contribution in [3.8, 4) is 22.3 Å². The lowest BCUT2D eigenvalue weighted by Gasteiger charge is -2.17. The molecule has 0 aliphatic carbocycles. The normalized spacial score (nSPS) is 11.9. The SMILES string of the molecule is c1ccc2c(-c3ccc4cc(-c5ccc6c(c5)c5ccccc5c5c7ccccc7c7ccccc7c65)ccc4c3)cccc2c1. The zero-order valence-corrected chi connectivity index (χ0v) is 25.2. The summed E-state index contributed by atoms with van der Waals surface area (Å²) in [5.74, 6) is 0. The van der Waals surface area contributed by atoms with E-state index in [1.54, 1.807) is 0 Å². The fraction of sp³-hybridized carbons (Fsp3) is 0. The molecule has 0 bridgehead atoms. The highest BCUT2D eigenvalue weighted by Gasteiger charge is 2.16. The average Bonchev–Trinajstić information content (AvgIpc) is 3.13. The standard InChI is InChI=1S/C46H28/c1-2-12-35-29(10-1)11-9-19-36(35)34-23-22-30-26-31(20-21-32(30)27-34)33-24-25-43-44(28-33)39-15-5-8-18-42(39)45-40-16-6-3-13-37(40)38-14-4-7-17-41(38)46(43)45/h1-28H. The number of rotatable bonds is 2. The molecule has 46 heavy (non-hydrogen) atoms. The molecule has 0 aliphatic heterocycles. The van der Waals surface area contributed by atoms with Crippen molar-refractivity contribution in [2.45, 2.75) is 0 Å². The maximum atomic E-state index is 2.41. The maximum absolute atomic E-state index is 2.41. The van der Waals surface area contributed by atoms with E-state index in [1.165, 1.54) is 97.7 Å². The number of benzene rings is 10. The van der Waals surface area contributed by atoms with E-state index in [-0.39, 0.29) is 0 Å². The highest BCUT2D eigenvalue weighted by molar-refractivity contribution is 6.39. The second-order valence-corrected chi connectivity index (χ2v) is 12.5. The molecule has 0 N–H and O–H groups in total. The van der Waals surface area contributed by atoms with Gasteiger partial charge in [-0.2, -0.15) is 0 Å². The third kappa shape index (κ3) is 3.68. The van der Waals surface area contributed by atoms with E-state index >= 15 is 0 Å². The Labute approximate surface area is 266 Å². The zero-order valence-electron chi connectivity index (χ0n) is 25.2. The summed E-state index contributed by atoms with van der Waals surface area (Å²) in [7, 11) is 0. The van der Waals surface area contributed by atoms with Crippen LogP contribution in [0.5, 0.6) is 0 Å². The quantitative estimate of drug-likeness (QED) is 0.178. The molecular weight excluding hydrogens is 553 g/mol. The molecule has 0 aromatic heterocycles. The number of fused-ring (bicyclic) bond motifs is 13. The van der Waals surface area contributed by atoms with E-state index in [1.807, 2.05) is 0 Å². The van der Waals surface area contributed by atoms with Gasteiger partial charge in [-0.15, -0.1) is 0 Å². The predicted molar refractivity (Wildman–Crippen MR) is 200 cm³/mol. The minimum absolute atomic E-state index is 1.24. The summed E-state index contributed by atoms with van der Waals surface area (Å²) in [5.41, 5.74) is 5.00. The van der Waals surface area contributed by atoms with E-state index in [2.05, 4.69) is 170 Å². The summed E-state index contributed by atoms with van der Waals surface area (Å²) < 4.78 is 0. The molecule has 0 atom stereocenters. The first kappa shape index (κ1) is 25.4. The summed E-state index contributed by atoms with van der Waals surface area (Å²) in [6.45, 7) is 0. The third-order valence-corrected chi connectivity index (χ3v) is 9.98. The smallest absolute Gasteiger partial charge is 0.00139 e. The molecule has 10 aromatic carbocycles. The van der Waals surface area contributed by atoms with Crippen LogP contribution in [0.3, 0.4) is 0 Å². The first-order valence-corrected chi connectivity index (χ1v) is 16.0. The van der Waals surface area contributed by atoms with Crippen molar-refractivity contribution in [3.63, 3.8) is 0 Å². The zero-order chi connectivity index (χ0) is 30.2. The lowest BCUT2D eigenvalue weighted by Crippen LogP contribution is -1.89. The van der Waals surface area contributed by atoms with Crippen LogP contribution in [0.4, 0.5) is 0 Å². The molecule has 0 saturated carbocycles. The molecule has 0 heteroatoms. The van der Waals surface area contributed by atoms with Gasteiger partial charge in [-0.05, 0) is 116 Å². The molecule has 10 rings (SSSR count).